The Labute approximate surface area is 118 Å². The predicted molar refractivity (Wildman–Crippen MR) is 75.8 cm³/mol. The smallest absolute Gasteiger partial charge is 0.285 e. The molecule has 19 heavy (non-hydrogen) atoms. The van der Waals surface area contributed by atoms with Gasteiger partial charge in [0.25, 0.3) is 0 Å². The van der Waals surface area contributed by atoms with Gasteiger partial charge in [0.1, 0.15) is 0 Å². The molecule has 2 aromatic heterocycles. The van der Waals surface area contributed by atoms with E-state index >= 15 is 0 Å². The molecule has 3 aromatic rings. The van der Waals surface area contributed by atoms with Gasteiger partial charge in [-0.3, -0.25) is 9.36 Å². The standard InChI is InChI=1S/C14H11BrN3O/c1-17-13(10-5-7-11(15)8-6-10)16-18-9-3-2-4-12(18)14(17)19/h2-9H,1H3/q+1. The molecule has 0 unspecified atom stereocenters. The van der Waals surface area contributed by atoms with Crippen LogP contribution in [0.25, 0.3) is 16.9 Å². The summed E-state index contributed by atoms with van der Waals surface area (Å²) < 4.78 is 4.17. The fraction of sp³-hybridized carbons (Fsp3) is 0.0714. The van der Waals surface area contributed by atoms with Crippen LogP contribution >= 0.6 is 15.9 Å². The molecule has 94 valence electrons. The maximum absolute atomic E-state index is 12.3. The summed E-state index contributed by atoms with van der Waals surface area (Å²) in [7, 11) is 1.74. The predicted octanol–water partition coefficient (Wildman–Crippen LogP) is 1.95. The number of rotatable bonds is 1. The quantitative estimate of drug-likeness (QED) is 0.644. The lowest BCUT2D eigenvalue weighted by molar-refractivity contribution is -0.581. The highest BCUT2D eigenvalue weighted by Crippen LogP contribution is 2.17. The monoisotopic (exact) mass is 316 g/mol. The molecule has 0 atom stereocenters. The molecule has 0 aliphatic carbocycles. The van der Waals surface area contributed by atoms with Crippen LogP contribution in [0.5, 0.6) is 0 Å². The molecule has 0 amide bonds. The van der Waals surface area contributed by atoms with Crippen molar-refractivity contribution in [3.05, 3.63) is 63.5 Å². The molecular weight excluding hydrogens is 306 g/mol. The Kier molecular flexibility index (Phi) is 2.91. The highest BCUT2D eigenvalue weighted by atomic mass is 79.9. The van der Waals surface area contributed by atoms with Gasteiger partial charge in [0, 0.05) is 34.3 Å². The lowest BCUT2D eigenvalue weighted by atomic mass is 10.2. The Morgan fingerprint density at radius 3 is 2.63 bits per heavy atom. The first-order valence-corrected chi connectivity index (χ1v) is 6.60. The molecule has 0 radical (unpaired) electrons. The largest absolute Gasteiger partial charge is 0.327 e. The number of hydrogen-bond acceptors (Lipinski definition) is 2. The van der Waals surface area contributed by atoms with Gasteiger partial charge in [-0.2, -0.15) is 0 Å². The van der Waals surface area contributed by atoms with E-state index in [9.17, 15) is 4.79 Å². The highest BCUT2D eigenvalue weighted by Gasteiger charge is 2.15. The third kappa shape index (κ3) is 2.06. The van der Waals surface area contributed by atoms with Crippen LogP contribution in [0.2, 0.25) is 0 Å². The number of hydrogen-bond donors (Lipinski definition) is 0. The van der Waals surface area contributed by atoms with E-state index in [1.807, 2.05) is 36.4 Å². The fourth-order valence-electron chi connectivity index (χ4n) is 1.98. The molecule has 0 fully saturated rings. The van der Waals surface area contributed by atoms with E-state index in [4.69, 9.17) is 0 Å². The molecular formula is C14H11BrN3O+. The third-order valence-corrected chi connectivity index (χ3v) is 3.51. The summed E-state index contributed by atoms with van der Waals surface area (Å²) >= 11 is 3.40. The zero-order valence-corrected chi connectivity index (χ0v) is 11.8. The van der Waals surface area contributed by atoms with Gasteiger partial charge in [-0.1, -0.05) is 15.9 Å². The van der Waals surface area contributed by atoms with Gasteiger partial charge in [0.2, 0.25) is 12.0 Å². The van der Waals surface area contributed by atoms with Crippen LogP contribution < -0.4 is 10.1 Å². The third-order valence-electron chi connectivity index (χ3n) is 2.99. The minimum absolute atomic E-state index is 0.0616. The molecule has 5 heteroatoms. The van der Waals surface area contributed by atoms with Crippen molar-refractivity contribution in [3.63, 3.8) is 0 Å². The van der Waals surface area contributed by atoms with E-state index in [1.54, 1.807) is 28.4 Å². The van der Waals surface area contributed by atoms with Gasteiger partial charge in [-0.15, -0.1) is 0 Å². The number of benzene rings is 1. The van der Waals surface area contributed by atoms with Gasteiger partial charge in [0.05, 0.1) is 0 Å². The van der Waals surface area contributed by atoms with E-state index in [1.165, 1.54) is 0 Å². The first-order valence-electron chi connectivity index (χ1n) is 5.80. The Balaban J connectivity index is 2.33. The Hall–Kier alpha value is -2.01. The van der Waals surface area contributed by atoms with Gasteiger partial charge < -0.3 is 0 Å². The summed E-state index contributed by atoms with van der Waals surface area (Å²) in [5, 5.41) is 4.50. The van der Waals surface area contributed by atoms with Crippen molar-refractivity contribution in [2.45, 2.75) is 0 Å². The number of pyridine rings is 1. The molecule has 0 bridgehead atoms. The lowest BCUT2D eigenvalue weighted by Gasteiger charge is -2.04. The van der Waals surface area contributed by atoms with E-state index in [-0.39, 0.29) is 5.56 Å². The minimum atomic E-state index is -0.0616. The number of aromatic nitrogens is 3. The maximum atomic E-state index is 12.3. The van der Waals surface area contributed by atoms with Crippen molar-refractivity contribution in [1.29, 1.82) is 0 Å². The first kappa shape index (κ1) is 12.0. The molecule has 2 heterocycles. The van der Waals surface area contributed by atoms with Crippen molar-refractivity contribution in [2.75, 3.05) is 0 Å². The molecule has 0 saturated heterocycles. The van der Waals surface area contributed by atoms with Crippen LogP contribution in [0.1, 0.15) is 0 Å². The molecule has 0 saturated carbocycles. The summed E-state index contributed by atoms with van der Waals surface area (Å²) in [5.74, 6) is 0.640. The van der Waals surface area contributed by atoms with E-state index < -0.39 is 0 Å². The number of fused-ring (bicyclic) bond motifs is 1. The first-order chi connectivity index (χ1) is 9.16. The second kappa shape index (κ2) is 4.59. The normalized spacial score (nSPS) is 10.8. The van der Waals surface area contributed by atoms with Gasteiger partial charge >= 0.3 is 11.1 Å². The molecule has 1 aromatic carbocycles. The van der Waals surface area contributed by atoms with Crippen LogP contribution in [-0.4, -0.2) is 9.67 Å². The number of nitrogens with zero attached hydrogens (tertiary/aromatic N) is 3. The van der Waals surface area contributed by atoms with Crippen LogP contribution in [0.4, 0.5) is 0 Å². The molecule has 0 aliphatic heterocycles. The molecule has 0 N–H and O–H groups in total. The summed E-state index contributed by atoms with van der Waals surface area (Å²) in [5.41, 5.74) is 1.40. The molecule has 4 nitrogen and oxygen atoms in total. The Morgan fingerprint density at radius 1 is 1.16 bits per heavy atom. The van der Waals surface area contributed by atoms with Gasteiger partial charge in [-0.05, 0) is 34.8 Å². The van der Waals surface area contributed by atoms with Gasteiger partial charge in [0.15, 0.2) is 0 Å². The molecule has 0 aliphatic rings. The topological polar surface area (TPSA) is 39.0 Å². The summed E-state index contributed by atoms with van der Waals surface area (Å²) in [4.78, 5) is 12.3. The second-order valence-corrected chi connectivity index (χ2v) is 5.14. The summed E-state index contributed by atoms with van der Waals surface area (Å²) in [6.07, 6.45) is 1.78. The maximum Gasteiger partial charge on any atom is 0.327 e. The average Bonchev–Trinajstić information content (AvgIpc) is 2.44. The van der Waals surface area contributed by atoms with Gasteiger partial charge in [-0.25, -0.2) is 0 Å². The minimum Gasteiger partial charge on any atom is -0.285 e. The highest BCUT2D eigenvalue weighted by molar-refractivity contribution is 9.10. The molecule has 3 rings (SSSR count). The van der Waals surface area contributed by atoms with Crippen molar-refractivity contribution in [2.24, 2.45) is 7.05 Å². The van der Waals surface area contributed by atoms with Crippen molar-refractivity contribution in [1.82, 2.24) is 9.67 Å². The average molecular weight is 317 g/mol. The fourth-order valence-corrected chi connectivity index (χ4v) is 2.24. The van der Waals surface area contributed by atoms with E-state index in [2.05, 4.69) is 21.0 Å². The zero-order chi connectivity index (χ0) is 13.4. The number of halogens is 1. The van der Waals surface area contributed by atoms with Crippen LogP contribution in [0.15, 0.2) is 57.9 Å². The molecule has 0 spiro atoms. The van der Waals surface area contributed by atoms with Crippen LogP contribution in [0.3, 0.4) is 0 Å². The summed E-state index contributed by atoms with van der Waals surface area (Å²) in [6, 6.07) is 13.2. The SMILES string of the molecule is Cn1c(-c2ccc(Br)cc2)n[n+]2ccccc2c1=O. The second-order valence-electron chi connectivity index (χ2n) is 4.23. The van der Waals surface area contributed by atoms with Crippen LogP contribution in [0, 0.1) is 0 Å². The van der Waals surface area contributed by atoms with E-state index in [0.717, 1.165) is 10.0 Å². The summed E-state index contributed by atoms with van der Waals surface area (Å²) in [6.45, 7) is 0. The Bertz CT molecular complexity index is 809. The Morgan fingerprint density at radius 2 is 1.89 bits per heavy atom. The van der Waals surface area contributed by atoms with E-state index in [0.29, 0.717) is 11.3 Å². The van der Waals surface area contributed by atoms with Crippen molar-refractivity contribution < 1.29 is 4.52 Å². The lowest BCUT2D eigenvalue weighted by Crippen LogP contribution is -2.37. The van der Waals surface area contributed by atoms with Crippen molar-refractivity contribution in [3.8, 4) is 11.4 Å². The zero-order valence-electron chi connectivity index (χ0n) is 10.2. The van der Waals surface area contributed by atoms with Crippen LogP contribution in [-0.2, 0) is 7.05 Å². The van der Waals surface area contributed by atoms with Crippen molar-refractivity contribution >= 4 is 21.4 Å².